The molecule has 0 amide bonds. The van der Waals surface area contributed by atoms with E-state index in [0.29, 0.717) is 17.2 Å². The molecule has 1 aromatic rings. The van der Waals surface area contributed by atoms with Crippen LogP contribution in [-0.4, -0.2) is 17.8 Å². The minimum absolute atomic E-state index is 0.609. The number of nitrogens with one attached hydrogen (secondary N) is 1. The Balaban J connectivity index is 2.41. The molecule has 0 heterocycles. The molecule has 0 aliphatic carbocycles. The lowest BCUT2D eigenvalue weighted by atomic mass is 10.0. The highest BCUT2D eigenvalue weighted by atomic mass is 32.2. The maximum Gasteiger partial charge on any atom is 0.00807 e. The average molecular weight is 279 g/mol. The first-order valence-electron chi connectivity index (χ1n) is 7.53. The molecule has 19 heavy (non-hydrogen) atoms. The Kier molecular flexibility index (Phi) is 7.55. The van der Waals surface area contributed by atoms with E-state index < -0.39 is 0 Å². The predicted molar refractivity (Wildman–Crippen MR) is 88.2 cm³/mol. The molecule has 0 aliphatic rings. The summed E-state index contributed by atoms with van der Waals surface area (Å²) in [7, 11) is 0. The molecule has 1 N–H and O–H groups in total. The molecule has 2 unspecified atom stereocenters. The second kappa shape index (κ2) is 8.65. The summed E-state index contributed by atoms with van der Waals surface area (Å²) in [5.41, 5.74) is 1.43. The van der Waals surface area contributed by atoms with Crippen molar-refractivity contribution in [3.63, 3.8) is 0 Å². The molecule has 2 heteroatoms. The summed E-state index contributed by atoms with van der Waals surface area (Å²) in [5, 5.41) is 4.22. The number of thioether (sulfide) groups is 1. The van der Waals surface area contributed by atoms with E-state index in [1.54, 1.807) is 0 Å². The highest BCUT2D eigenvalue weighted by molar-refractivity contribution is 7.99. The number of benzene rings is 1. The first kappa shape index (κ1) is 16.6. The van der Waals surface area contributed by atoms with Crippen LogP contribution >= 0.6 is 11.8 Å². The van der Waals surface area contributed by atoms with E-state index in [2.05, 4.69) is 64.2 Å². The largest absolute Gasteiger partial charge is 0.314 e. The van der Waals surface area contributed by atoms with Crippen LogP contribution in [0.2, 0.25) is 0 Å². The van der Waals surface area contributed by atoms with Crippen LogP contribution in [-0.2, 0) is 0 Å². The summed E-state index contributed by atoms with van der Waals surface area (Å²) in [6.07, 6.45) is 2.43. The summed E-state index contributed by atoms with van der Waals surface area (Å²) in [6.45, 7) is 12.4. The van der Waals surface area contributed by atoms with Crippen LogP contribution in [0.1, 0.15) is 58.9 Å². The highest BCUT2D eigenvalue weighted by Crippen LogP contribution is 2.27. The summed E-state index contributed by atoms with van der Waals surface area (Å²) in [6, 6.07) is 9.66. The first-order valence-corrected chi connectivity index (χ1v) is 8.40. The standard InChI is InChI=1S/C17H29NS/c1-6-11-18-14(4)12-15(5)19-17-9-7-16(8-10-17)13(2)3/h7-10,13-15,18H,6,11-12H2,1-5H3. The van der Waals surface area contributed by atoms with Crippen molar-refractivity contribution >= 4 is 11.8 Å². The minimum atomic E-state index is 0.609. The summed E-state index contributed by atoms with van der Waals surface area (Å²) < 4.78 is 0. The Morgan fingerprint density at radius 2 is 1.68 bits per heavy atom. The topological polar surface area (TPSA) is 12.0 Å². The van der Waals surface area contributed by atoms with Crippen molar-refractivity contribution < 1.29 is 0 Å². The van der Waals surface area contributed by atoms with Crippen LogP contribution in [0.4, 0.5) is 0 Å². The van der Waals surface area contributed by atoms with Crippen LogP contribution in [0.25, 0.3) is 0 Å². The summed E-state index contributed by atoms with van der Waals surface area (Å²) in [4.78, 5) is 1.39. The van der Waals surface area contributed by atoms with E-state index in [1.165, 1.54) is 23.3 Å². The van der Waals surface area contributed by atoms with Gasteiger partial charge in [0.2, 0.25) is 0 Å². The van der Waals surface area contributed by atoms with Gasteiger partial charge in [-0.2, -0.15) is 0 Å². The van der Waals surface area contributed by atoms with E-state index in [0.717, 1.165) is 6.54 Å². The van der Waals surface area contributed by atoms with Crippen molar-refractivity contribution in [3.05, 3.63) is 29.8 Å². The molecular formula is C17H29NS. The third kappa shape index (κ3) is 6.49. The van der Waals surface area contributed by atoms with Crippen LogP contribution in [0.15, 0.2) is 29.2 Å². The molecule has 108 valence electrons. The molecule has 1 nitrogen and oxygen atoms in total. The number of rotatable bonds is 8. The van der Waals surface area contributed by atoms with Gasteiger partial charge in [0.05, 0.1) is 0 Å². The fourth-order valence-corrected chi connectivity index (χ4v) is 3.33. The van der Waals surface area contributed by atoms with E-state index in [1.807, 2.05) is 11.8 Å². The van der Waals surface area contributed by atoms with Gasteiger partial charge in [0.15, 0.2) is 0 Å². The molecule has 0 aromatic heterocycles. The molecule has 0 aliphatic heterocycles. The fraction of sp³-hybridized carbons (Fsp3) is 0.647. The zero-order valence-corrected chi connectivity index (χ0v) is 13.9. The van der Waals surface area contributed by atoms with Crippen molar-refractivity contribution in [3.8, 4) is 0 Å². The Morgan fingerprint density at radius 1 is 1.05 bits per heavy atom. The lowest BCUT2D eigenvalue weighted by molar-refractivity contribution is 0.513. The van der Waals surface area contributed by atoms with Crippen molar-refractivity contribution in [2.24, 2.45) is 0 Å². The normalized spacial score (nSPS) is 14.6. The summed E-state index contributed by atoms with van der Waals surface area (Å²) >= 11 is 1.99. The van der Waals surface area contributed by atoms with Gasteiger partial charge in [0, 0.05) is 16.2 Å². The van der Waals surface area contributed by atoms with Gasteiger partial charge in [-0.25, -0.2) is 0 Å². The molecule has 0 radical (unpaired) electrons. The van der Waals surface area contributed by atoms with Crippen LogP contribution < -0.4 is 5.32 Å². The predicted octanol–water partition coefficient (Wildman–Crippen LogP) is 5.07. The third-order valence-corrected chi connectivity index (χ3v) is 4.45. The molecular weight excluding hydrogens is 250 g/mol. The van der Waals surface area contributed by atoms with E-state index in [9.17, 15) is 0 Å². The Hall–Kier alpha value is -0.470. The van der Waals surface area contributed by atoms with Crippen molar-refractivity contribution in [1.82, 2.24) is 5.32 Å². The molecule has 2 atom stereocenters. The van der Waals surface area contributed by atoms with Gasteiger partial charge in [0.25, 0.3) is 0 Å². The van der Waals surface area contributed by atoms with Gasteiger partial charge in [-0.1, -0.05) is 39.8 Å². The minimum Gasteiger partial charge on any atom is -0.314 e. The second-order valence-electron chi connectivity index (χ2n) is 5.74. The van der Waals surface area contributed by atoms with Gasteiger partial charge in [-0.15, -0.1) is 11.8 Å². The maximum atomic E-state index is 3.56. The van der Waals surface area contributed by atoms with Crippen molar-refractivity contribution in [1.29, 1.82) is 0 Å². The molecule has 0 saturated heterocycles. The van der Waals surface area contributed by atoms with Gasteiger partial charge >= 0.3 is 0 Å². The fourth-order valence-electron chi connectivity index (χ4n) is 2.18. The Labute approximate surface area is 123 Å². The summed E-state index contributed by atoms with van der Waals surface area (Å²) in [5.74, 6) is 0.620. The van der Waals surface area contributed by atoms with Gasteiger partial charge in [-0.3, -0.25) is 0 Å². The number of hydrogen-bond donors (Lipinski definition) is 1. The Bertz CT molecular complexity index is 345. The van der Waals surface area contributed by atoms with Crippen LogP contribution in [0, 0.1) is 0 Å². The first-order chi connectivity index (χ1) is 9.02. The average Bonchev–Trinajstić information content (AvgIpc) is 2.36. The van der Waals surface area contributed by atoms with Crippen molar-refractivity contribution in [2.45, 2.75) is 69.6 Å². The smallest absolute Gasteiger partial charge is 0.00807 e. The quantitative estimate of drug-likeness (QED) is 0.667. The van der Waals surface area contributed by atoms with Crippen LogP contribution in [0.3, 0.4) is 0 Å². The zero-order valence-electron chi connectivity index (χ0n) is 13.1. The SMILES string of the molecule is CCCNC(C)CC(C)Sc1ccc(C(C)C)cc1. The molecule has 0 spiro atoms. The molecule has 0 saturated carbocycles. The second-order valence-corrected chi connectivity index (χ2v) is 7.25. The maximum absolute atomic E-state index is 3.56. The van der Waals surface area contributed by atoms with E-state index in [4.69, 9.17) is 0 Å². The highest BCUT2D eigenvalue weighted by Gasteiger charge is 2.09. The van der Waals surface area contributed by atoms with Gasteiger partial charge in [0.1, 0.15) is 0 Å². The number of hydrogen-bond acceptors (Lipinski definition) is 2. The van der Waals surface area contributed by atoms with E-state index in [-0.39, 0.29) is 0 Å². The molecule has 0 bridgehead atoms. The lowest BCUT2D eigenvalue weighted by Crippen LogP contribution is -2.29. The lowest BCUT2D eigenvalue weighted by Gasteiger charge is -2.18. The van der Waals surface area contributed by atoms with Crippen molar-refractivity contribution in [2.75, 3.05) is 6.54 Å². The van der Waals surface area contributed by atoms with Gasteiger partial charge in [-0.05, 0) is 49.9 Å². The zero-order chi connectivity index (χ0) is 14.3. The van der Waals surface area contributed by atoms with Gasteiger partial charge < -0.3 is 5.32 Å². The molecule has 1 rings (SSSR count). The van der Waals surface area contributed by atoms with E-state index >= 15 is 0 Å². The Morgan fingerprint density at radius 3 is 2.21 bits per heavy atom. The third-order valence-electron chi connectivity index (χ3n) is 3.31. The molecule has 0 fully saturated rings. The van der Waals surface area contributed by atoms with Crippen LogP contribution in [0.5, 0.6) is 0 Å². The molecule has 1 aromatic carbocycles. The monoisotopic (exact) mass is 279 g/mol.